The van der Waals surface area contributed by atoms with Crippen molar-refractivity contribution in [2.45, 2.75) is 19.4 Å². The molecule has 1 aromatic heterocycles. The van der Waals surface area contributed by atoms with Crippen LogP contribution in [0.4, 0.5) is 0 Å². The number of carbonyl (C=O) groups is 1. The van der Waals surface area contributed by atoms with Crippen LogP contribution >= 0.6 is 0 Å². The quantitative estimate of drug-likeness (QED) is 0.748. The summed E-state index contributed by atoms with van der Waals surface area (Å²) in [5.74, 6) is 0.175. The van der Waals surface area contributed by atoms with Crippen molar-refractivity contribution in [3.63, 3.8) is 0 Å². The summed E-state index contributed by atoms with van der Waals surface area (Å²) in [7, 11) is 0. The van der Waals surface area contributed by atoms with Gasteiger partial charge in [-0.1, -0.05) is 24.3 Å². The van der Waals surface area contributed by atoms with Crippen molar-refractivity contribution in [2.24, 2.45) is 0 Å². The van der Waals surface area contributed by atoms with Gasteiger partial charge in [-0.05, 0) is 23.3 Å². The maximum Gasteiger partial charge on any atom is 0.307 e. The van der Waals surface area contributed by atoms with Crippen LogP contribution in [0.2, 0.25) is 0 Å². The van der Waals surface area contributed by atoms with Crippen LogP contribution in [0.1, 0.15) is 16.9 Å². The van der Waals surface area contributed by atoms with E-state index in [9.17, 15) is 4.79 Å². The molecule has 2 N–H and O–H groups in total. The van der Waals surface area contributed by atoms with Crippen molar-refractivity contribution in [1.82, 2.24) is 5.32 Å². The predicted octanol–water partition coefficient (Wildman–Crippen LogP) is 2.24. The van der Waals surface area contributed by atoms with E-state index in [0.29, 0.717) is 0 Å². The second kappa shape index (κ2) is 6.75. The van der Waals surface area contributed by atoms with Gasteiger partial charge in [-0.25, -0.2) is 0 Å². The van der Waals surface area contributed by atoms with Crippen LogP contribution in [-0.2, 0) is 24.2 Å². The molecule has 0 unspecified atom stereocenters. The summed E-state index contributed by atoms with van der Waals surface area (Å²) < 4.78 is 5.24. The summed E-state index contributed by atoms with van der Waals surface area (Å²) in [6, 6.07) is 11.5. The lowest BCUT2D eigenvalue weighted by Gasteiger charge is -2.05. The normalized spacial score (nSPS) is 10.5. The molecular weight excluding hydrogens is 242 g/mol. The maximum atomic E-state index is 10.6. The Balaban J connectivity index is 1.72. The van der Waals surface area contributed by atoms with Gasteiger partial charge in [-0.2, -0.15) is 0 Å². The number of furan rings is 1. The van der Waals surface area contributed by atoms with Crippen LogP contribution in [-0.4, -0.2) is 17.6 Å². The largest absolute Gasteiger partial charge is 0.481 e. The Hall–Kier alpha value is -2.07. The summed E-state index contributed by atoms with van der Waals surface area (Å²) in [4.78, 5) is 10.6. The van der Waals surface area contributed by atoms with Gasteiger partial charge in [0.15, 0.2) is 0 Å². The second-order valence-corrected chi connectivity index (χ2v) is 4.39. The van der Waals surface area contributed by atoms with Crippen molar-refractivity contribution in [3.05, 3.63) is 59.5 Å². The molecule has 4 nitrogen and oxygen atoms in total. The van der Waals surface area contributed by atoms with E-state index in [4.69, 9.17) is 9.52 Å². The fraction of sp³-hybridized carbons (Fsp3) is 0.267. The molecule has 0 aliphatic heterocycles. The van der Waals surface area contributed by atoms with Gasteiger partial charge in [0.1, 0.15) is 5.76 Å². The van der Waals surface area contributed by atoms with E-state index >= 15 is 0 Å². The first-order chi connectivity index (χ1) is 9.24. The first-order valence-corrected chi connectivity index (χ1v) is 6.27. The second-order valence-electron chi connectivity index (χ2n) is 4.39. The van der Waals surface area contributed by atoms with Crippen LogP contribution in [0.15, 0.2) is 47.1 Å². The molecule has 0 saturated carbocycles. The molecule has 0 amide bonds. The zero-order valence-corrected chi connectivity index (χ0v) is 10.6. The molecule has 1 heterocycles. The van der Waals surface area contributed by atoms with Gasteiger partial charge in [0, 0.05) is 19.5 Å². The minimum absolute atomic E-state index is 0.0756. The summed E-state index contributed by atoms with van der Waals surface area (Å²) in [5.41, 5.74) is 1.97. The van der Waals surface area contributed by atoms with Gasteiger partial charge in [-0.3, -0.25) is 4.79 Å². The van der Waals surface area contributed by atoms with Gasteiger partial charge in [0.05, 0.1) is 12.7 Å². The molecule has 0 aliphatic carbocycles. The molecule has 0 fully saturated rings. The zero-order valence-electron chi connectivity index (χ0n) is 10.6. The molecule has 0 aliphatic rings. The Bertz CT molecular complexity index is 503. The molecule has 0 radical (unpaired) electrons. The van der Waals surface area contributed by atoms with Crippen molar-refractivity contribution in [2.75, 3.05) is 6.54 Å². The molecule has 0 bridgehead atoms. The van der Waals surface area contributed by atoms with Crippen LogP contribution in [0.25, 0.3) is 0 Å². The predicted molar refractivity (Wildman–Crippen MR) is 71.9 cm³/mol. The Morgan fingerprint density at radius 1 is 1.16 bits per heavy atom. The molecule has 19 heavy (non-hydrogen) atoms. The van der Waals surface area contributed by atoms with Crippen LogP contribution in [0.3, 0.4) is 0 Å². The number of hydrogen-bond donors (Lipinski definition) is 2. The lowest BCUT2D eigenvalue weighted by molar-refractivity contribution is -0.136. The molecule has 2 aromatic rings. The fourth-order valence-electron chi connectivity index (χ4n) is 1.85. The highest BCUT2D eigenvalue weighted by atomic mass is 16.4. The third-order valence-corrected chi connectivity index (χ3v) is 2.84. The highest BCUT2D eigenvalue weighted by Crippen LogP contribution is 2.05. The van der Waals surface area contributed by atoms with Crippen molar-refractivity contribution >= 4 is 5.97 Å². The Labute approximate surface area is 112 Å². The third-order valence-electron chi connectivity index (χ3n) is 2.84. The third kappa shape index (κ3) is 4.60. The summed E-state index contributed by atoms with van der Waals surface area (Å²) in [6.07, 6.45) is 2.62. The van der Waals surface area contributed by atoms with E-state index in [-0.39, 0.29) is 6.42 Å². The highest BCUT2D eigenvalue weighted by Gasteiger charge is 2.00. The van der Waals surface area contributed by atoms with E-state index in [1.807, 2.05) is 36.4 Å². The minimum atomic E-state index is -0.802. The number of nitrogens with one attached hydrogen (secondary N) is 1. The molecular formula is C15H17NO3. The maximum absolute atomic E-state index is 10.6. The minimum Gasteiger partial charge on any atom is -0.481 e. The first kappa shape index (κ1) is 13.4. The van der Waals surface area contributed by atoms with E-state index in [0.717, 1.165) is 36.4 Å². The van der Waals surface area contributed by atoms with Gasteiger partial charge in [-0.15, -0.1) is 0 Å². The standard InChI is InChI=1S/C15H17NO3/c17-15(18)10-12-3-5-13(6-4-12)11-16-8-7-14-2-1-9-19-14/h1-6,9,16H,7-8,10-11H2,(H,17,18). The van der Waals surface area contributed by atoms with Gasteiger partial charge in [0.2, 0.25) is 0 Å². The summed E-state index contributed by atoms with van der Waals surface area (Å²) >= 11 is 0. The molecule has 0 saturated heterocycles. The SMILES string of the molecule is O=C(O)Cc1ccc(CNCCc2ccco2)cc1. The average Bonchev–Trinajstić information content (AvgIpc) is 2.89. The van der Waals surface area contributed by atoms with Crippen molar-refractivity contribution in [1.29, 1.82) is 0 Å². The number of rotatable bonds is 7. The fourth-order valence-corrected chi connectivity index (χ4v) is 1.85. The van der Waals surface area contributed by atoms with E-state index < -0.39 is 5.97 Å². The van der Waals surface area contributed by atoms with Crippen molar-refractivity contribution in [3.8, 4) is 0 Å². The Morgan fingerprint density at radius 2 is 1.89 bits per heavy atom. The van der Waals surface area contributed by atoms with Crippen LogP contribution < -0.4 is 5.32 Å². The van der Waals surface area contributed by atoms with E-state index in [1.54, 1.807) is 6.26 Å². The molecule has 0 spiro atoms. The Morgan fingerprint density at radius 3 is 2.53 bits per heavy atom. The molecule has 1 aromatic carbocycles. The molecule has 4 heteroatoms. The van der Waals surface area contributed by atoms with Gasteiger partial charge in [0.25, 0.3) is 0 Å². The van der Waals surface area contributed by atoms with Crippen LogP contribution in [0, 0.1) is 0 Å². The smallest absolute Gasteiger partial charge is 0.307 e. The number of benzene rings is 1. The molecule has 2 rings (SSSR count). The molecule has 0 atom stereocenters. The number of carboxylic acids is 1. The van der Waals surface area contributed by atoms with Crippen molar-refractivity contribution < 1.29 is 14.3 Å². The highest BCUT2D eigenvalue weighted by molar-refractivity contribution is 5.70. The average molecular weight is 259 g/mol. The summed E-state index contributed by atoms with van der Waals surface area (Å²) in [6.45, 7) is 1.62. The van der Waals surface area contributed by atoms with Crippen LogP contribution in [0.5, 0.6) is 0 Å². The number of carboxylic acid groups (broad SMARTS) is 1. The lowest BCUT2D eigenvalue weighted by Crippen LogP contribution is -2.16. The number of aliphatic carboxylic acids is 1. The zero-order chi connectivity index (χ0) is 13.5. The van der Waals surface area contributed by atoms with E-state index in [2.05, 4.69) is 5.32 Å². The topological polar surface area (TPSA) is 62.5 Å². The Kier molecular flexibility index (Phi) is 4.75. The number of hydrogen-bond acceptors (Lipinski definition) is 3. The monoisotopic (exact) mass is 259 g/mol. The van der Waals surface area contributed by atoms with Gasteiger partial charge >= 0.3 is 5.97 Å². The lowest BCUT2D eigenvalue weighted by atomic mass is 10.1. The van der Waals surface area contributed by atoms with Gasteiger partial charge < -0.3 is 14.8 Å². The summed E-state index contributed by atoms with van der Waals surface area (Å²) in [5, 5.41) is 12.0. The molecule has 100 valence electrons. The van der Waals surface area contributed by atoms with E-state index in [1.165, 1.54) is 0 Å². The first-order valence-electron chi connectivity index (χ1n) is 6.27.